The summed E-state index contributed by atoms with van der Waals surface area (Å²) in [6.07, 6.45) is 7.71. The first kappa shape index (κ1) is 8.27. The molecule has 1 saturated heterocycles. The highest BCUT2D eigenvalue weighted by Crippen LogP contribution is 2.38. The fourth-order valence-corrected chi connectivity index (χ4v) is 1.97. The fourth-order valence-electron chi connectivity index (χ4n) is 1.97. The molecule has 2 unspecified atom stereocenters. The van der Waals surface area contributed by atoms with Crippen LogP contribution in [0.3, 0.4) is 0 Å². The van der Waals surface area contributed by atoms with Gasteiger partial charge in [0.2, 0.25) is 0 Å². The molecule has 2 nitrogen and oxygen atoms in total. The molecule has 1 aliphatic heterocycles. The molecule has 2 heteroatoms. The molecule has 0 aromatic carbocycles. The van der Waals surface area contributed by atoms with Gasteiger partial charge >= 0.3 is 0 Å². The van der Waals surface area contributed by atoms with Crippen molar-refractivity contribution in [1.82, 2.24) is 0 Å². The van der Waals surface area contributed by atoms with E-state index in [9.17, 15) is 0 Å². The van der Waals surface area contributed by atoms with Crippen molar-refractivity contribution in [3.8, 4) is 0 Å². The summed E-state index contributed by atoms with van der Waals surface area (Å²) in [5.41, 5.74) is 0. The number of rotatable bonds is 2. The van der Waals surface area contributed by atoms with Crippen LogP contribution in [-0.2, 0) is 9.47 Å². The molecule has 2 atom stereocenters. The van der Waals surface area contributed by atoms with Gasteiger partial charge in [0.1, 0.15) is 6.10 Å². The average Bonchev–Trinajstić information content (AvgIpc) is 2.61. The highest BCUT2D eigenvalue weighted by Gasteiger charge is 2.45. The van der Waals surface area contributed by atoms with Crippen molar-refractivity contribution in [2.45, 2.75) is 51.1 Å². The Morgan fingerprint density at radius 2 is 2.08 bits per heavy atom. The van der Waals surface area contributed by atoms with Crippen molar-refractivity contribution < 1.29 is 9.47 Å². The highest BCUT2D eigenvalue weighted by molar-refractivity contribution is 5.07. The van der Waals surface area contributed by atoms with Gasteiger partial charge in [-0.2, -0.15) is 0 Å². The van der Waals surface area contributed by atoms with Crippen LogP contribution < -0.4 is 0 Å². The Labute approximate surface area is 73.5 Å². The SMILES string of the molecule is CCC1(CC)OC2C=CCC2O1. The summed E-state index contributed by atoms with van der Waals surface area (Å²) < 4.78 is 11.7. The Hall–Kier alpha value is -0.340. The average molecular weight is 168 g/mol. The van der Waals surface area contributed by atoms with Crippen molar-refractivity contribution in [1.29, 1.82) is 0 Å². The fraction of sp³-hybridized carbons (Fsp3) is 0.800. The maximum absolute atomic E-state index is 5.89. The Morgan fingerprint density at radius 3 is 2.67 bits per heavy atom. The molecule has 0 aromatic heterocycles. The number of fused-ring (bicyclic) bond motifs is 1. The van der Waals surface area contributed by atoms with Crippen molar-refractivity contribution in [3.63, 3.8) is 0 Å². The first-order valence-electron chi connectivity index (χ1n) is 4.82. The number of hydrogen-bond acceptors (Lipinski definition) is 2. The molecule has 1 fully saturated rings. The molecule has 2 rings (SSSR count). The lowest BCUT2D eigenvalue weighted by molar-refractivity contribution is -0.176. The quantitative estimate of drug-likeness (QED) is 0.589. The van der Waals surface area contributed by atoms with Crippen LogP contribution in [0, 0.1) is 0 Å². The largest absolute Gasteiger partial charge is 0.343 e. The zero-order chi connectivity index (χ0) is 8.60. The molecule has 0 aromatic rings. The maximum atomic E-state index is 5.89. The van der Waals surface area contributed by atoms with Gasteiger partial charge in [0.25, 0.3) is 0 Å². The predicted octanol–water partition coefficient (Wildman–Crippen LogP) is 2.25. The van der Waals surface area contributed by atoms with Gasteiger partial charge in [-0.15, -0.1) is 0 Å². The molecule has 0 spiro atoms. The highest BCUT2D eigenvalue weighted by atomic mass is 16.8. The van der Waals surface area contributed by atoms with Gasteiger partial charge in [0.05, 0.1) is 6.10 Å². The molecule has 0 bridgehead atoms. The summed E-state index contributed by atoms with van der Waals surface area (Å²) in [4.78, 5) is 0. The summed E-state index contributed by atoms with van der Waals surface area (Å²) in [7, 11) is 0. The van der Waals surface area contributed by atoms with Crippen molar-refractivity contribution in [2.24, 2.45) is 0 Å². The predicted molar refractivity (Wildman–Crippen MR) is 46.8 cm³/mol. The normalized spacial score (nSPS) is 37.2. The van der Waals surface area contributed by atoms with E-state index in [4.69, 9.17) is 9.47 Å². The third-order valence-electron chi connectivity index (χ3n) is 2.85. The van der Waals surface area contributed by atoms with Gasteiger partial charge in [-0.25, -0.2) is 0 Å². The van der Waals surface area contributed by atoms with E-state index in [-0.39, 0.29) is 11.9 Å². The standard InChI is InChI=1S/C10H16O2/c1-3-10(4-2)11-8-6-5-7-9(8)12-10/h5-6,8-9H,3-4,7H2,1-2H3. The molecule has 68 valence electrons. The Morgan fingerprint density at radius 1 is 1.33 bits per heavy atom. The molecule has 0 N–H and O–H groups in total. The van der Waals surface area contributed by atoms with E-state index in [2.05, 4.69) is 26.0 Å². The van der Waals surface area contributed by atoms with Crippen LogP contribution in [0.25, 0.3) is 0 Å². The third kappa shape index (κ3) is 1.10. The zero-order valence-electron chi connectivity index (χ0n) is 7.75. The molecular weight excluding hydrogens is 152 g/mol. The van der Waals surface area contributed by atoms with Crippen molar-refractivity contribution in [2.75, 3.05) is 0 Å². The van der Waals surface area contributed by atoms with Gasteiger partial charge < -0.3 is 9.47 Å². The van der Waals surface area contributed by atoms with Gasteiger partial charge in [-0.3, -0.25) is 0 Å². The second kappa shape index (κ2) is 2.86. The van der Waals surface area contributed by atoms with Crippen LogP contribution in [0.5, 0.6) is 0 Å². The summed E-state index contributed by atoms with van der Waals surface area (Å²) in [6.45, 7) is 4.24. The Kier molecular flexibility index (Phi) is 1.97. The first-order chi connectivity index (χ1) is 5.79. The molecule has 0 radical (unpaired) electrons. The molecule has 0 saturated carbocycles. The minimum Gasteiger partial charge on any atom is -0.343 e. The lowest BCUT2D eigenvalue weighted by atomic mass is 10.1. The molecule has 12 heavy (non-hydrogen) atoms. The van der Waals surface area contributed by atoms with Gasteiger partial charge in [-0.1, -0.05) is 26.0 Å². The first-order valence-corrected chi connectivity index (χ1v) is 4.82. The van der Waals surface area contributed by atoms with E-state index in [0.29, 0.717) is 6.10 Å². The Bertz CT molecular complexity index is 194. The van der Waals surface area contributed by atoms with Crippen LogP contribution in [-0.4, -0.2) is 18.0 Å². The van der Waals surface area contributed by atoms with Crippen LogP contribution >= 0.6 is 0 Å². The van der Waals surface area contributed by atoms with Crippen LogP contribution in [0.1, 0.15) is 33.1 Å². The lowest BCUT2D eigenvalue weighted by Gasteiger charge is -2.25. The monoisotopic (exact) mass is 168 g/mol. The van der Waals surface area contributed by atoms with E-state index in [0.717, 1.165) is 19.3 Å². The summed E-state index contributed by atoms with van der Waals surface area (Å²) in [6, 6.07) is 0. The van der Waals surface area contributed by atoms with Crippen LogP contribution in [0.4, 0.5) is 0 Å². The van der Waals surface area contributed by atoms with Crippen molar-refractivity contribution in [3.05, 3.63) is 12.2 Å². The lowest BCUT2D eigenvalue weighted by Crippen LogP contribution is -2.29. The second-order valence-electron chi connectivity index (χ2n) is 3.52. The van der Waals surface area contributed by atoms with E-state index in [1.54, 1.807) is 0 Å². The van der Waals surface area contributed by atoms with Gasteiger partial charge in [-0.05, 0) is 19.3 Å². The number of hydrogen-bond donors (Lipinski definition) is 0. The topological polar surface area (TPSA) is 18.5 Å². The molecule has 1 aliphatic carbocycles. The Balaban J connectivity index is 2.09. The van der Waals surface area contributed by atoms with E-state index >= 15 is 0 Å². The molecular formula is C10H16O2. The minimum absolute atomic E-state index is 0.227. The smallest absolute Gasteiger partial charge is 0.169 e. The molecule has 0 amide bonds. The maximum Gasteiger partial charge on any atom is 0.169 e. The zero-order valence-corrected chi connectivity index (χ0v) is 7.75. The summed E-state index contributed by atoms with van der Waals surface area (Å²) in [5, 5.41) is 0. The van der Waals surface area contributed by atoms with Gasteiger partial charge in [0.15, 0.2) is 5.79 Å². The third-order valence-corrected chi connectivity index (χ3v) is 2.85. The van der Waals surface area contributed by atoms with E-state index in [1.165, 1.54) is 0 Å². The van der Waals surface area contributed by atoms with Gasteiger partial charge in [0, 0.05) is 0 Å². The molecule has 2 aliphatic rings. The minimum atomic E-state index is -0.278. The van der Waals surface area contributed by atoms with Crippen LogP contribution in [0.2, 0.25) is 0 Å². The van der Waals surface area contributed by atoms with E-state index < -0.39 is 0 Å². The van der Waals surface area contributed by atoms with Crippen LogP contribution in [0.15, 0.2) is 12.2 Å². The van der Waals surface area contributed by atoms with E-state index in [1.807, 2.05) is 0 Å². The number of ether oxygens (including phenoxy) is 2. The molecule has 1 heterocycles. The summed E-state index contributed by atoms with van der Waals surface area (Å²) in [5.74, 6) is -0.278. The second-order valence-corrected chi connectivity index (χ2v) is 3.52. The van der Waals surface area contributed by atoms with Crippen molar-refractivity contribution >= 4 is 0 Å². The summed E-state index contributed by atoms with van der Waals surface area (Å²) >= 11 is 0.